The van der Waals surface area contributed by atoms with E-state index in [1.54, 1.807) is 0 Å². The minimum atomic E-state index is -1.69. The van der Waals surface area contributed by atoms with Crippen LogP contribution in [-0.4, -0.2) is 74.9 Å². The normalized spacial score (nSPS) is 36.6. The molecule has 1 aliphatic heterocycles. The van der Waals surface area contributed by atoms with Crippen molar-refractivity contribution in [3.63, 3.8) is 0 Å². The van der Waals surface area contributed by atoms with Crippen LogP contribution >= 0.6 is 0 Å². The molecule has 0 aromatic heterocycles. The van der Waals surface area contributed by atoms with Crippen LogP contribution in [-0.2, 0) is 14.3 Å². The highest BCUT2D eigenvalue weighted by Crippen LogP contribution is 2.20. The van der Waals surface area contributed by atoms with Gasteiger partial charge in [0.2, 0.25) is 0 Å². The van der Waals surface area contributed by atoms with Crippen LogP contribution in [0.3, 0.4) is 0 Å². The summed E-state index contributed by atoms with van der Waals surface area (Å²) in [6, 6.07) is 0. The van der Waals surface area contributed by atoms with E-state index in [9.17, 15) is 25.2 Å². The molecule has 110 valence electrons. The fraction of sp³-hybridized carbons (Fsp3) is 0.727. The highest BCUT2D eigenvalue weighted by molar-refractivity contribution is 5.88. The Morgan fingerprint density at radius 2 is 1.84 bits per heavy atom. The number of ether oxygens (including phenoxy) is 2. The van der Waals surface area contributed by atoms with Crippen molar-refractivity contribution >= 4 is 5.97 Å². The van der Waals surface area contributed by atoms with Crippen LogP contribution in [0.4, 0.5) is 0 Å². The minimum absolute atomic E-state index is 0.175. The molecule has 1 heterocycles. The van der Waals surface area contributed by atoms with Crippen molar-refractivity contribution in [1.29, 1.82) is 0 Å². The molecule has 5 N–H and O–H groups in total. The Hall–Kier alpha value is -1.03. The smallest absolute Gasteiger partial charge is 0.336 e. The maximum absolute atomic E-state index is 11.4. The summed E-state index contributed by atoms with van der Waals surface area (Å²) in [6.45, 7) is 4.18. The topological polar surface area (TPSA) is 137 Å². The first-order chi connectivity index (χ1) is 8.75. The number of aliphatic hydroxyl groups is 5. The number of carbonyl (C=O) groups is 1. The average Bonchev–Trinajstić information content (AvgIpc) is 2.37. The number of rotatable bonds is 4. The molecule has 1 aliphatic rings. The summed E-state index contributed by atoms with van der Waals surface area (Å²) in [6.07, 6.45) is -8.75. The molecule has 1 unspecified atom stereocenters. The second-order valence-electron chi connectivity index (χ2n) is 4.34. The number of esters is 1. The molecule has 6 atom stereocenters. The van der Waals surface area contributed by atoms with Crippen molar-refractivity contribution in [3.8, 4) is 0 Å². The Morgan fingerprint density at radius 3 is 2.37 bits per heavy atom. The zero-order chi connectivity index (χ0) is 14.7. The van der Waals surface area contributed by atoms with E-state index in [2.05, 4.69) is 6.58 Å². The van der Waals surface area contributed by atoms with Crippen molar-refractivity contribution in [2.75, 3.05) is 6.61 Å². The lowest BCUT2D eigenvalue weighted by atomic mass is 9.99. The van der Waals surface area contributed by atoms with E-state index in [1.807, 2.05) is 0 Å². The molecule has 0 radical (unpaired) electrons. The summed E-state index contributed by atoms with van der Waals surface area (Å²) in [5, 5.41) is 46.6. The predicted octanol–water partition coefficient (Wildman–Crippen LogP) is -2.73. The third-order valence-electron chi connectivity index (χ3n) is 2.83. The zero-order valence-corrected chi connectivity index (χ0v) is 10.3. The van der Waals surface area contributed by atoms with Gasteiger partial charge in [0.05, 0.1) is 11.7 Å². The molecule has 1 saturated heterocycles. The summed E-state index contributed by atoms with van der Waals surface area (Å²) in [5.41, 5.74) is -0.175. The fourth-order valence-corrected chi connectivity index (χ4v) is 1.49. The van der Waals surface area contributed by atoms with Gasteiger partial charge in [0.1, 0.15) is 31.0 Å². The largest absolute Gasteiger partial charge is 0.459 e. The molecule has 0 saturated carbocycles. The van der Waals surface area contributed by atoms with Crippen molar-refractivity contribution in [3.05, 3.63) is 12.2 Å². The number of aliphatic hydroxyl groups excluding tert-OH is 5. The number of hydrogen-bond donors (Lipinski definition) is 5. The first kappa shape index (κ1) is 16.0. The summed E-state index contributed by atoms with van der Waals surface area (Å²) < 4.78 is 9.52. The number of carbonyl (C=O) groups excluding carboxylic acids is 1. The molecule has 0 aliphatic carbocycles. The van der Waals surface area contributed by atoms with Crippen molar-refractivity contribution in [1.82, 2.24) is 0 Å². The Labute approximate surface area is 109 Å². The average molecular weight is 278 g/mol. The monoisotopic (exact) mass is 278 g/mol. The van der Waals surface area contributed by atoms with Crippen LogP contribution in [0.5, 0.6) is 0 Å². The summed E-state index contributed by atoms with van der Waals surface area (Å²) in [4.78, 5) is 11.4. The van der Waals surface area contributed by atoms with Gasteiger partial charge < -0.3 is 35.0 Å². The van der Waals surface area contributed by atoms with E-state index in [4.69, 9.17) is 14.6 Å². The molecular weight excluding hydrogens is 260 g/mol. The van der Waals surface area contributed by atoms with Crippen LogP contribution in [0.15, 0.2) is 12.2 Å². The summed E-state index contributed by atoms with van der Waals surface area (Å²) in [7, 11) is 0. The van der Waals surface area contributed by atoms with Gasteiger partial charge in [-0.3, -0.25) is 0 Å². The van der Waals surface area contributed by atoms with Gasteiger partial charge in [0.15, 0.2) is 6.29 Å². The van der Waals surface area contributed by atoms with Crippen molar-refractivity contribution < 1.29 is 39.8 Å². The van der Waals surface area contributed by atoms with Gasteiger partial charge >= 0.3 is 5.97 Å². The maximum atomic E-state index is 11.4. The van der Waals surface area contributed by atoms with Crippen LogP contribution < -0.4 is 0 Å². The first-order valence-corrected chi connectivity index (χ1v) is 5.67. The van der Waals surface area contributed by atoms with Crippen LogP contribution in [0, 0.1) is 0 Å². The SMILES string of the molecule is C=C(C(=O)OC[C@H]1OC(O)[C@H](O)[C@@H](O)[C@@H]1O)[C@@H](C)O. The van der Waals surface area contributed by atoms with Gasteiger partial charge in [0, 0.05) is 0 Å². The van der Waals surface area contributed by atoms with Gasteiger partial charge in [-0.15, -0.1) is 0 Å². The van der Waals surface area contributed by atoms with Crippen molar-refractivity contribution in [2.24, 2.45) is 0 Å². The molecule has 8 nitrogen and oxygen atoms in total. The quantitative estimate of drug-likeness (QED) is 0.276. The molecule has 0 amide bonds. The van der Waals surface area contributed by atoms with E-state index in [0.29, 0.717) is 0 Å². The molecule has 1 rings (SSSR count). The molecule has 0 aromatic carbocycles. The Morgan fingerprint density at radius 1 is 1.26 bits per heavy atom. The predicted molar refractivity (Wildman–Crippen MR) is 60.7 cm³/mol. The molecule has 8 heteroatoms. The van der Waals surface area contributed by atoms with Gasteiger partial charge in [-0.25, -0.2) is 4.79 Å². The van der Waals surface area contributed by atoms with Crippen molar-refractivity contribution in [2.45, 2.75) is 43.7 Å². The third kappa shape index (κ3) is 3.72. The first-order valence-electron chi connectivity index (χ1n) is 5.67. The highest BCUT2D eigenvalue weighted by Gasteiger charge is 2.43. The Bertz CT molecular complexity index is 342. The van der Waals surface area contributed by atoms with E-state index in [0.717, 1.165) is 0 Å². The summed E-state index contributed by atoms with van der Waals surface area (Å²) >= 11 is 0. The summed E-state index contributed by atoms with van der Waals surface area (Å²) in [5.74, 6) is -0.888. The van der Waals surface area contributed by atoms with Crippen LogP contribution in [0.1, 0.15) is 6.92 Å². The van der Waals surface area contributed by atoms with Crippen LogP contribution in [0.2, 0.25) is 0 Å². The molecule has 19 heavy (non-hydrogen) atoms. The second-order valence-corrected chi connectivity index (χ2v) is 4.34. The van der Waals surface area contributed by atoms with Gasteiger partial charge in [0.25, 0.3) is 0 Å². The Balaban J connectivity index is 2.53. The highest BCUT2D eigenvalue weighted by atomic mass is 16.6. The lowest BCUT2D eigenvalue weighted by Gasteiger charge is -2.37. The lowest BCUT2D eigenvalue weighted by Crippen LogP contribution is -2.58. The van der Waals surface area contributed by atoms with Crippen LogP contribution in [0.25, 0.3) is 0 Å². The second kappa shape index (κ2) is 6.42. The standard InChI is InChI=1S/C11H18O8/c1-4(5(2)12)10(16)18-3-6-7(13)8(14)9(15)11(17)19-6/h5-9,11-15,17H,1,3H2,2H3/t5-,6-,7-,8+,9-,11?/m1/s1. The van der Waals surface area contributed by atoms with E-state index < -0.39 is 49.4 Å². The molecule has 0 bridgehead atoms. The van der Waals surface area contributed by atoms with E-state index in [-0.39, 0.29) is 5.57 Å². The van der Waals surface area contributed by atoms with E-state index >= 15 is 0 Å². The zero-order valence-electron chi connectivity index (χ0n) is 10.3. The Kier molecular flexibility index (Phi) is 5.41. The molecular formula is C11H18O8. The molecule has 0 aromatic rings. The molecule has 0 spiro atoms. The van der Waals surface area contributed by atoms with Gasteiger partial charge in [-0.05, 0) is 6.92 Å². The lowest BCUT2D eigenvalue weighted by molar-refractivity contribution is -0.287. The molecule has 1 fully saturated rings. The maximum Gasteiger partial charge on any atom is 0.336 e. The minimum Gasteiger partial charge on any atom is -0.459 e. The van der Waals surface area contributed by atoms with E-state index in [1.165, 1.54) is 6.92 Å². The number of hydrogen-bond acceptors (Lipinski definition) is 8. The fourth-order valence-electron chi connectivity index (χ4n) is 1.49. The van der Waals surface area contributed by atoms with Gasteiger partial charge in [-0.1, -0.05) is 6.58 Å². The third-order valence-corrected chi connectivity index (χ3v) is 2.83. The van der Waals surface area contributed by atoms with Gasteiger partial charge in [-0.2, -0.15) is 0 Å².